The number of amides is 1. The zero-order valence-electron chi connectivity index (χ0n) is 17.0. The lowest BCUT2D eigenvalue weighted by atomic mass is 10.1. The molecule has 0 spiro atoms. The van der Waals surface area contributed by atoms with Crippen LogP contribution in [-0.2, 0) is 11.2 Å². The Hall–Kier alpha value is -2.44. The Labute approximate surface area is 171 Å². The zero-order valence-corrected chi connectivity index (χ0v) is 17.7. The Kier molecular flexibility index (Phi) is 7.96. The van der Waals surface area contributed by atoms with Crippen molar-refractivity contribution in [2.24, 2.45) is 0 Å². The van der Waals surface area contributed by atoms with Gasteiger partial charge >= 0.3 is 0 Å². The first-order valence-corrected chi connectivity index (χ1v) is 9.45. The summed E-state index contributed by atoms with van der Waals surface area (Å²) in [5.74, 6) is 1.89. The van der Waals surface area contributed by atoms with Gasteiger partial charge in [-0.3, -0.25) is 4.79 Å². The Morgan fingerprint density at radius 2 is 1.68 bits per heavy atom. The van der Waals surface area contributed by atoms with Crippen LogP contribution < -0.4 is 24.4 Å². The Morgan fingerprint density at radius 1 is 1.04 bits per heavy atom. The summed E-state index contributed by atoms with van der Waals surface area (Å²) in [6.45, 7) is 2.69. The van der Waals surface area contributed by atoms with Gasteiger partial charge in [-0.05, 0) is 42.8 Å². The maximum Gasteiger partial charge on any atom is 0.282 e. The van der Waals surface area contributed by atoms with E-state index in [1.54, 1.807) is 39.5 Å². The maximum atomic E-state index is 12.7. The lowest BCUT2D eigenvalue weighted by molar-refractivity contribution is -0.893. The van der Waals surface area contributed by atoms with Gasteiger partial charge in [-0.25, -0.2) is 0 Å². The summed E-state index contributed by atoms with van der Waals surface area (Å²) in [6, 6.07) is 10.8. The number of ether oxygens (including phenoxy) is 3. The second kappa shape index (κ2) is 10.2. The van der Waals surface area contributed by atoms with Crippen molar-refractivity contribution in [1.82, 2.24) is 0 Å². The van der Waals surface area contributed by atoms with Gasteiger partial charge < -0.3 is 24.4 Å². The summed E-state index contributed by atoms with van der Waals surface area (Å²) in [5.41, 5.74) is 1.70. The molecular weight excluding hydrogens is 380 g/mol. The molecule has 2 N–H and O–H groups in total. The van der Waals surface area contributed by atoms with Gasteiger partial charge in [-0.15, -0.1) is 0 Å². The lowest BCUT2D eigenvalue weighted by Gasteiger charge is -2.22. The number of rotatable bonds is 9. The number of carbonyl (C=O) groups excluding carboxylic acids is 1. The fraction of sp³-hybridized carbons (Fsp3) is 0.381. The number of methoxy groups -OCH3 is 3. The highest BCUT2D eigenvalue weighted by Gasteiger charge is 2.23. The van der Waals surface area contributed by atoms with Gasteiger partial charge in [0.15, 0.2) is 17.5 Å². The molecule has 0 saturated heterocycles. The molecule has 0 aliphatic rings. The number of nitrogens with one attached hydrogen (secondary N) is 2. The number of halogens is 1. The summed E-state index contributed by atoms with van der Waals surface area (Å²) in [7, 11) is 6.79. The van der Waals surface area contributed by atoms with E-state index in [1.165, 1.54) is 0 Å². The van der Waals surface area contributed by atoms with Gasteiger partial charge in [0, 0.05) is 11.4 Å². The molecule has 7 heteroatoms. The van der Waals surface area contributed by atoms with Crippen molar-refractivity contribution in [3.8, 4) is 17.2 Å². The highest BCUT2D eigenvalue weighted by atomic mass is 35.5. The molecule has 2 aromatic carbocycles. The minimum atomic E-state index is -0.246. The van der Waals surface area contributed by atoms with Crippen LogP contribution in [0.3, 0.4) is 0 Å². The van der Waals surface area contributed by atoms with Crippen molar-refractivity contribution >= 4 is 23.2 Å². The van der Waals surface area contributed by atoms with Gasteiger partial charge in [-0.1, -0.05) is 17.7 Å². The van der Waals surface area contributed by atoms with Crippen LogP contribution in [0.15, 0.2) is 36.4 Å². The highest BCUT2D eigenvalue weighted by Crippen LogP contribution is 2.28. The molecule has 28 heavy (non-hydrogen) atoms. The van der Waals surface area contributed by atoms with Gasteiger partial charge in [0.2, 0.25) is 0 Å². The van der Waals surface area contributed by atoms with E-state index in [0.717, 1.165) is 23.4 Å². The molecule has 1 unspecified atom stereocenters. The molecule has 0 aliphatic heterocycles. The molecule has 0 bridgehead atoms. The second-order valence-corrected chi connectivity index (χ2v) is 7.03. The third-order valence-corrected chi connectivity index (χ3v) is 5.04. The van der Waals surface area contributed by atoms with Crippen LogP contribution in [0.4, 0.5) is 5.69 Å². The predicted molar refractivity (Wildman–Crippen MR) is 111 cm³/mol. The maximum absolute atomic E-state index is 12.7. The molecular formula is C21H28ClN2O4+. The molecule has 0 aromatic heterocycles. The Balaban J connectivity index is 1.98. The van der Waals surface area contributed by atoms with E-state index in [9.17, 15) is 4.79 Å². The normalized spacial score (nSPS) is 12.8. The van der Waals surface area contributed by atoms with Gasteiger partial charge in [0.05, 0.1) is 40.6 Å². The van der Waals surface area contributed by atoms with Crippen LogP contribution in [0.2, 0.25) is 5.02 Å². The SMILES string of the molecule is COc1ccc(Cl)cc1NC(=O)[C@@H](C)[NH+](C)CCc1ccc(OC)c(OC)c1. The highest BCUT2D eigenvalue weighted by molar-refractivity contribution is 6.31. The largest absolute Gasteiger partial charge is 0.495 e. The minimum absolute atomic E-state index is 0.0922. The monoisotopic (exact) mass is 407 g/mol. The fourth-order valence-corrected chi connectivity index (χ4v) is 3.01. The average molecular weight is 408 g/mol. The smallest absolute Gasteiger partial charge is 0.282 e. The average Bonchev–Trinajstić information content (AvgIpc) is 2.71. The Morgan fingerprint density at radius 3 is 2.32 bits per heavy atom. The number of hydrogen-bond donors (Lipinski definition) is 2. The number of likely N-dealkylation sites (N-methyl/N-ethyl adjacent to an activating group) is 1. The van der Waals surface area contributed by atoms with Crippen LogP contribution in [0.5, 0.6) is 17.2 Å². The molecule has 2 rings (SSSR count). The molecule has 2 atom stereocenters. The number of quaternary nitrogens is 1. The number of carbonyl (C=O) groups is 1. The molecule has 152 valence electrons. The van der Waals surface area contributed by atoms with E-state index in [4.69, 9.17) is 25.8 Å². The van der Waals surface area contributed by atoms with Crippen molar-refractivity contribution in [2.45, 2.75) is 19.4 Å². The van der Waals surface area contributed by atoms with E-state index in [-0.39, 0.29) is 11.9 Å². The first-order chi connectivity index (χ1) is 13.4. The third kappa shape index (κ3) is 5.53. The molecule has 0 fully saturated rings. The first-order valence-electron chi connectivity index (χ1n) is 9.07. The number of benzene rings is 2. The Bertz CT molecular complexity index is 813. The van der Waals surface area contributed by atoms with Crippen LogP contribution in [0.1, 0.15) is 12.5 Å². The molecule has 0 aliphatic carbocycles. The van der Waals surface area contributed by atoms with Gasteiger partial charge in [0.1, 0.15) is 5.75 Å². The van der Waals surface area contributed by atoms with Gasteiger partial charge in [-0.2, -0.15) is 0 Å². The summed E-state index contributed by atoms with van der Waals surface area (Å²) in [5, 5.41) is 3.45. The van der Waals surface area contributed by atoms with Crippen LogP contribution in [0, 0.1) is 0 Å². The number of anilines is 1. The van der Waals surface area contributed by atoms with Crippen LogP contribution >= 0.6 is 11.6 Å². The minimum Gasteiger partial charge on any atom is -0.495 e. The standard InChI is InChI=1S/C21H27ClN2O4/c1-14(21(25)23-17-13-16(22)7-9-18(17)26-3)24(2)11-10-15-6-8-19(27-4)20(12-15)28-5/h6-9,12-14H,10-11H2,1-5H3,(H,23,25)/p+1/t14-/m1/s1. The van der Waals surface area contributed by atoms with E-state index >= 15 is 0 Å². The lowest BCUT2D eigenvalue weighted by Crippen LogP contribution is -3.14. The quantitative estimate of drug-likeness (QED) is 0.670. The molecule has 0 radical (unpaired) electrons. The van der Waals surface area contributed by atoms with E-state index in [2.05, 4.69) is 5.32 Å². The summed E-state index contributed by atoms with van der Waals surface area (Å²) in [6.07, 6.45) is 0.810. The topological polar surface area (TPSA) is 61.2 Å². The van der Waals surface area contributed by atoms with Crippen molar-refractivity contribution in [2.75, 3.05) is 40.2 Å². The second-order valence-electron chi connectivity index (χ2n) is 6.59. The summed E-state index contributed by atoms with van der Waals surface area (Å²) < 4.78 is 15.9. The van der Waals surface area contributed by atoms with Gasteiger partial charge in [0.25, 0.3) is 5.91 Å². The molecule has 6 nitrogen and oxygen atoms in total. The van der Waals surface area contributed by atoms with Crippen molar-refractivity contribution < 1.29 is 23.9 Å². The van der Waals surface area contributed by atoms with Crippen molar-refractivity contribution in [1.29, 1.82) is 0 Å². The van der Waals surface area contributed by atoms with Crippen LogP contribution in [0.25, 0.3) is 0 Å². The zero-order chi connectivity index (χ0) is 20.7. The predicted octanol–water partition coefficient (Wildman–Crippen LogP) is 2.45. The molecule has 2 aromatic rings. The van der Waals surface area contributed by atoms with E-state index in [1.807, 2.05) is 32.2 Å². The molecule has 1 amide bonds. The van der Waals surface area contributed by atoms with Crippen LogP contribution in [-0.4, -0.2) is 46.9 Å². The first kappa shape index (κ1) is 21.9. The van der Waals surface area contributed by atoms with E-state index < -0.39 is 0 Å². The van der Waals surface area contributed by atoms with Crippen molar-refractivity contribution in [3.63, 3.8) is 0 Å². The van der Waals surface area contributed by atoms with Crippen molar-refractivity contribution in [3.05, 3.63) is 47.0 Å². The summed E-state index contributed by atoms with van der Waals surface area (Å²) in [4.78, 5) is 13.8. The fourth-order valence-electron chi connectivity index (χ4n) is 2.84. The summed E-state index contributed by atoms with van der Waals surface area (Å²) >= 11 is 6.03. The molecule has 0 saturated carbocycles. The number of hydrogen-bond acceptors (Lipinski definition) is 4. The third-order valence-electron chi connectivity index (χ3n) is 4.81. The molecule has 0 heterocycles. The van der Waals surface area contributed by atoms with E-state index in [0.29, 0.717) is 28.0 Å².